The van der Waals surface area contributed by atoms with Crippen LogP contribution >= 0.6 is 23.1 Å². The van der Waals surface area contributed by atoms with Gasteiger partial charge in [-0.05, 0) is 30.9 Å². The van der Waals surface area contributed by atoms with Gasteiger partial charge in [0.05, 0.1) is 9.77 Å². The number of nitrogens with two attached hydrogens (primary N) is 1. The fourth-order valence-electron chi connectivity index (χ4n) is 1.74. The zero-order chi connectivity index (χ0) is 14.7. The molecular weight excluding hydrogens is 292 g/mol. The topological polar surface area (TPSA) is 72.2 Å². The Hall–Kier alpha value is -1.79. The molecular formula is C14H14N2O2S2. The first-order valence-corrected chi connectivity index (χ1v) is 7.91. The van der Waals surface area contributed by atoms with Gasteiger partial charge in [-0.15, -0.1) is 23.1 Å². The van der Waals surface area contributed by atoms with E-state index in [1.54, 1.807) is 18.2 Å². The summed E-state index contributed by atoms with van der Waals surface area (Å²) in [6, 6.07) is 8.99. The van der Waals surface area contributed by atoms with Crippen molar-refractivity contribution in [2.45, 2.75) is 11.1 Å². The lowest BCUT2D eigenvalue weighted by molar-refractivity contribution is 0.100. The third-order valence-corrected chi connectivity index (χ3v) is 4.91. The number of benzene rings is 1. The van der Waals surface area contributed by atoms with E-state index in [9.17, 15) is 9.59 Å². The fourth-order valence-corrected chi connectivity index (χ4v) is 3.35. The number of carbonyl (C=O) groups is 2. The van der Waals surface area contributed by atoms with E-state index in [2.05, 4.69) is 5.32 Å². The molecule has 0 aliphatic heterocycles. The third-order valence-electron chi connectivity index (χ3n) is 2.79. The van der Waals surface area contributed by atoms with Crippen LogP contribution in [0.1, 0.15) is 26.3 Å². The van der Waals surface area contributed by atoms with Gasteiger partial charge in [-0.25, -0.2) is 0 Å². The second-order valence-electron chi connectivity index (χ2n) is 4.15. The number of thiophene rings is 1. The molecule has 6 heteroatoms. The largest absolute Gasteiger partial charge is 0.366 e. The zero-order valence-electron chi connectivity index (χ0n) is 11.1. The van der Waals surface area contributed by atoms with Crippen molar-refractivity contribution in [3.05, 3.63) is 47.0 Å². The van der Waals surface area contributed by atoms with Gasteiger partial charge in [0.1, 0.15) is 5.00 Å². The molecule has 1 aromatic carbocycles. The number of nitrogens with one attached hydrogen (secondary N) is 1. The van der Waals surface area contributed by atoms with Crippen LogP contribution in [-0.2, 0) is 0 Å². The van der Waals surface area contributed by atoms with E-state index in [1.165, 1.54) is 23.1 Å². The summed E-state index contributed by atoms with van der Waals surface area (Å²) in [4.78, 5) is 23.6. The zero-order valence-corrected chi connectivity index (χ0v) is 12.7. The van der Waals surface area contributed by atoms with E-state index in [0.717, 1.165) is 9.77 Å². The number of rotatable bonds is 4. The Labute approximate surface area is 125 Å². The summed E-state index contributed by atoms with van der Waals surface area (Å²) in [6.45, 7) is 1.87. The molecule has 0 radical (unpaired) electrons. The first-order valence-electron chi connectivity index (χ1n) is 5.87. The Kier molecular flexibility index (Phi) is 4.46. The van der Waals surface area contributed by atoms with Crippen molar-refractivity contribution in [1.82, 2.24) is 0 Å². The minimum absolute atomic E-state index is 0.236. The smallest absolute Gasteiger partial charge is 0.256 e. The maximum Gasteiger partial charge on any atom is 0.256 e. The molecule has 2 rings (SSSR count). The molecule has 0 saturated carbocycles. The highest BCUT2D eigenvalue weighted by Crippen LogP contribution is 2.33. The second-order valence-corrected chi connectivity index (χ2v) is 6.30. The SMILES string of the molecule is CSc1cc(C(N)=O)c(NC(=O)c2ccccc2C)s1. The Balaban J connectivity index is 2.30. The van der Waals surface area contributed by atoms with Crippen molar-refractivity contribution in [1.29, 1.82) is 0 Å². The average molecular weight is 306 g/mol. The maximum absolute atomic E-state index is 12.2. The van der Waals surface area contributed by atoms with Crippen LogP contribution in [0.25, 0.3) is 0 Å². The molecule has 0 saturated heterocycles. The van der Waals surface area contributed by atoms with E-state index in [0.29, 0.717) is 16.1 Å². The molecule has 1 aromatic heterocycles. The first kappa shape index (κ1) is 14.6. The van der Waals surface area contributed by atoms with Gasteiger partial charge in [0.15, 0.2) is 0 Å². The number of amides is 2. The van der Waals surface area contributed by atoms with Crippen molar-refractivity contribution in [2.24, 2.45) is 5.73 Å². The molecule has 0 spiro atoms. The van der Waals surface area contributed by atoms with Crippen LogP contribution in [0.15, 0.2) is 34.5 Å². The highest BCUT2D eigenvalue weighted by Gasteiger charge is 2.17. The van der Waals surface area contributed by atoms with E-state index in [-0.39, 0.29) is 5.91 Å². The summed E-state index contributed by atoms with van der Waals surface area (Å²) in [6.07, 6.45) is 1.91. The number of anilines is 1. The summed E-state index contributed by atoms with van der Waals surface area (Å²) in [7, 11) is 0. The third kappa shape index (κ3) is 3.02. The van der Waals surface area contributed by atoms with Crippen molar-refractivity contribution in [3.63, 3.8) is 0 Å². The monoisotopic (exact) mass is 306 g/mol. The first-order chi connectivity index (χ1) is 9.52. The van der Waals surface area contributed by atoms with Crippen LogP contribution < -0.4 is 11.1 Å². The summed E-state index contributed by atoms with van der Waals surface area (Å²) >= 11 is 2.85. The molecule has 1 heterocycles. The lowest BCUT2D eigenvalue weighted by atomic mass is 10.1. The molecule has 0 bridgehead atoms. The predicted octanol–water partition coefficient (Wildman–Crippen LogP) is 3.13. The summed E-state index contributed by atoms with van der Waals surface area (Å²) in [5, 5.41) is 3.26. The van der Waals surface area contributed by atoms with Gasteiger partial charge in [0, 0.05) is 5.56 Å². The molecule has 4 nitrogen and oxygen atoms in total. The molecule has 0 aliphatic carbocycles. The van der Waals surface area contributed by atoms with Crippen LogP contribution in [-0.4, -0.2) is 18.1 Å². The predicted molar refractivity (Wildman–Crippen MR) is 83.8 cm³/mol. The molecule has 20 heavy (non-hydrogen) atoms. The molecule has 0 unspecified atom stereocenters. The van der Waals surface area contributed by atoms with E-state index in [1.807, 2.05) is 25.3 Å². The highest BCUT2D eigenvalue weighted by atomic mass is 32.2. The van der Waals surface area contributed by atoms with Crippen LogP contribution in [0, 0.1) is 6.92 Å². The standard InChI is InChI=1S/C14H14N2O2S2/c1-8-5-3-4-6-9(8)13(18)16-14-10(12(15)17)7-11(19-2)20-14/h3-7H,1-2H3,(H2,15,17)(H,16,18). The summed E-state index contributed by atoms with van der Waals surface area (Å²) in [5.74, 6) is -0.776. The van der Waals surface area contributed by atoms with Crippen molar-refractivity contribution in [2.75, 3.05) is 11.6 Å². The van der Waals surface area contributed by atoms with Gasteiger partial charge in [-0.2, -0.15) is 0 Å². The number of carbonyl (C=O) groups excluding carboxylic acids is 2. The molecule has 2 amide bonds. The van der Waals surface area contributed by atoms with Gasteiger partial charge < -0.3 is 11.1 Å². The van der Waals surface area contributed by atoms with Crippen LogP contribution in [0.4, 0.5) is 5.00 Å². The minimum Gasteiger partial charge on any atom is -0.366 e. The van der Waals surface area contributed by atoms with Gasteiger partial charge in [-0.3, -0.25) is 9.59 Å². The second kappa shape index (κ2) is 6.11. The number of aryl methyl sites for hydroxylation is 1. The molecule has 0 aliphatic rings. The molecule has 0 atom stereocenters. The number of primary amides is 1. The highest BCUT2D eigenvalue weighted by molar-refractivity contribution is 8.00. The van der Waals surface area contributed by atoms with Gasteiger partial charge in [0.2, 0.25) is 0 Å². The normalized spacial score (nSPS) is 10.3. The van der Waals surface area contributed by atoms with E-state index < -0.39 is 5.91 Å². The van der Waals surface area contributed by atoms with Crippen LogP contribution in [0.3, 0.4) is 0 Å². The van der Waals surface area contributed by atoms with Crippen molar-refractivity contribution < 1.29 is 9.59 Å². The van der Waals surface area contributed by atoms with E-state index in [4.69, 9.17) is 5.73 Å². The lowest BCUT2D eigenvalue weighted by Crippen LogP contribution is -2.17. The van der Waals surface area contributed by atoms with Crippen molar-refractivity contribution in [3.8, 4) is 0 Å². The van der Waals surface area contributed by atoms with Crippen LogP contribution in [0.2, 0.25) is 0 Å². The Morgan fingerprint density at radius 2 is 1.95 bits per heavy atom. The quantitative estimate of drug-likeness (QED) is 0.852. The number of hydrogen-bond acceptors (Lipinski definition) is 4. The van der Waals surface area contributed by atoms with Crippen molar-refractivity contribution >= 4 is 39.9 Å². The van der Waals surface area contributed by atoms with E-state index >= 15 is 0 Å². The number of hydrogen-bond donors (Lipinski definition) is 2. The lowest BCUT2D eigenvalue weighted by Gasteiger charge is -2.06. The summed E-state index contributed by atoms with van der Waals surface area (Å²) in [5.41, 5.74) is 7.15. The van der Waals surface area contributed by atoms with Crippen LogP contribution in [0.5, 0.6) is 0 Å². The maximum atomic E-state index is 12.2. The van der Waals surface area contributed by atoms with Gasteiger partial charge in [-0.1, -0.05) is 18.2 Å². The Bertz CT molecular complexity index is 665. The number of thioether (sulfide) groups is 1. The Morgan fingerprint density at radius 1 is 1.25 bits per heavy atom. The van der Waals surface area contributed by atoms with Gasteiger partial charge in [0.25, 0.3) is 11.8 Å². The molecule has 2 aromatic rings. The molecule has 104 valence electrons. The molecule has 3 N–H and O–H groups in total. The summed E-state index contributed by atoms with van der Waals surface area (Å²) < 4.78 is 0.930. The average Bonchev–Trinajstić information content (AvgIpc) is 2.82. The fraction of sp³-hybridized carbons (Fsp3) is 0.143. The molecule has 0 fully saturated rings. The van der Waals surface area contributed by atoms with Gasteiger partial charge >= 0.3 is 0 Å². The Morgan fingerprint density at radius 3 is 2.55 bits per heavy atom. The minimum atomic E-state index is -0.540.